The number of aryl methyl sites for hydroxylation is 3. The molecular weight excluding hydrogens is 376 g/mol. The molecule has 1 fully saturated rings. The Morgan fingerprint density at radius 3 is 2.43 bits per heavy atom. The van der Waals surface area contributed by atoms with E-state index >= 15 is 0 Å². The number of hydrogen-bond acceptors (Lipinski definition) is 5. The summed E-state index contributed by atoms with van der Waals surface area (Å²) in [7, 11) is 0. The Hall–Kier alpha value is -2.99. The maximum Gasteiger partial charge on any atom is 0.241 e. The average molecular weight is 405 g/mol. The van der Waals surface area contributed by atoms with Gasteiger partial charge in [0.15, 0.2) is 0 Å². The van der Waals surface area contributed by atoms with Crippen LogP contribution in [0.4, 0.5) is 5.69 Å². The standard InChI is InChI=1S/C24H28N4O2/c1-16-13-17(2)22(18(3)14-16)26-24(29)20-9-11-28(12-10-20)15-21-25-23(27-30-21)19-7-5-4-6-8-19/h4-8,13-14,20H,9-12,15H2,1-3H3,(H,26,29). The van der Waals surface area contributed by atoms with E-state index in [2.05, 4.69) is 39.4 Å². The molecule has 1 aromatic heterocycles. The van der Waals surface area contributed by atoms with Crippen molar-refractivity contribution in [3.63, 3.8) is 0 Å². The predicted molar refractivity (Wildman–Crippen MR) is 117 cm³/mol. The third-order valence-corrected chi connectivity index (χ3v) is 5.74. The van der Waals surface area contributed by atoms with E-state index in [1.807, 2.05) is 44.2 Å². The molecule has 1 aliphatic heterocycles. The molecule has 0 saturated carbocycles. The number of nitrogens with zero attached hydrogens (tertiary/aromatic N) is 3. The molecule has 0 aliphatic carbocycles. The van der Waals surface area contributed by atoms with Gasteiger partial charge in [0, 0.05) is 17.2 Å². The van der Waals surface area contributed by atoms with Crippen LogP contribution in [0.1, 0.15) is 35.4 Å². The molecule has 0 spiro atoms. The zero-order chi connectivity index (χ0) is 21.1. The van der Waals surface area contributed by atoms with Crippen LogP contribution >= 0.6 is 0 Å². The highest BCUT2D eigenvalue weighted by Crippen LogP contribution is 2.25. The largest absolute Gasteiger partial charge is 0.338 e. The molecule has 156 valence electrons. The van der Waals surface area contributed by atoms with Gasteiger partial charge in [-0.15, -0.1) is 0 Å². The summed E-state index contributed by atoms with van der Waals surface area (Å²) < 4.78 is 5.43. The first-order valence-electron chi connectivity index (χ1n) is 10.5. The lowest BCUT2D eigenvalue weighted by molar-refractivity contribution is -0.121. The molecule has 3 aromatic rings. The van der Waals surface area contributed by atoms with E-state index in [4.69, 9.17) is 4.52 Å². The van der Waals surface area contributed by atoms with Gasteiger partial charge >= 0.3 is 0 Å². The molecule has 0 radical (unpaired) electrons. The molecule has 6 nitrogen and oxygen atoms in total. The Morgan fingerprint density at radius 1 is 1.10 bits per heavy atom. The number of hydrogen-bond donors (Lipinski definition) is 1. The van der Waals surface area contributed by atoms with E-state index < -0.39 is 0 Å². The lowest BCUT2D eigenvalue weighted by Crippen LogP contribution is -2.38. The summed E-state index contributed by atoms with van der Waals surface area (Å²) >= 11 is 0. The van der Waals surface area contributed by atoms with Gasteiger partial charge in [-0.1, -0.05) is 53.2 Å². The first kappa shape index (κ1) is 20.3. The summed E-state index contributed by atoms with van der Waals surface area (Å²) in [6, 6.07) is 14.0. The molecule has 1 N–H and O–H groups in total. The third kappa shape index (κ3) is 4.60. The van der Waals surface area contributed by atoms with Crippen molar-refractivity contribution in [3.8, 4) is 11.4 Å². The van der Waals surface area contributed by atoms with E-state index in [0.717, 1.165) is 48.3 Å². The van der Waals surface area contributed by atoms with Crippen molar-refractivity contribution in [2.24, 2.45) is 5.92 Å². The fourth-order valence-electron chi connectivity index (χ4n) is 4.17. The highest BCUT2D eigenvalue weighted by Gasteiger charge is 2.26. The van der Waals surface area contributed by atoms with Crippen molar-refractivity contribution in [2.75, 3.05) is 18.4 Å². The highest BCUT2D eigenvalue weighted by atomic mass is 16.5. The minimum absolute atomic E-state index is 0.0314. The van der Waals surface area contributed by atoms with E-state index in [9.17, 15) is 4.79 Å². The monoisotopic (exact) mass is 404 g/mol. The summed E-state index contributed by atoms with van der Waals surface area (Å²) in [5.41, 5.74) is 5.34. The number of carbonyl (C=O) groups is 1. The lowest BCUT2D eigenvalue weighted by atomic mass is 9.95. The van der Waals surface area contributed by atoms with Crippen molar-refractivity contribution in [3.05, 3.63) is 65.0 Å². The van der Waals surface area contributed by atoms with Crippen LogP contribution in [0.5, 0.6) is 0 Å². The summed E-state index contributed by atoms with van der Waals surface area (Å²) in [6.45, 7) is 8.47. The van der Waals surface area contributed by atoms with Crippen molar-refractivity contribution < 1.29 is 9.32 Å². The summed E-state index contributed by atoms with van der Waals surface area (Å²) in [5.74, 6) is 1.38. The molecular formula is C24H28N4O2. The lowest BCUT2D eigenvalue weighted by Gasteiger charge is -2.30. The number of carbonyl (C=O) groups excluding carboxylic acids is 1. The van der Waals surface area contributed by atoms with Gasteiger partial charge in [-0.3, -0.25) is 9.69 Å². The molecule has 30 heavy (non-hydrogen) atoms. The number of amides is 1. The van der Waals surface area contributed by atoms with E-state index in [0.29, 0.717) is 18.3 Å². The maximum absolute atomic E-state index is 12.8. The SMILES string of the molecule is Cc1cc(C)c(NC(=O)C2CCN(Cc3nc(-c4ccccc4)no3)CC2)c(C)c1. The van der Waals surface area contributed by atoms with E-state index in [-0.39, 0.29) is 11.8 Å². The number of nitrogens with one attached hydrogen (secondary N) is 1. The topological polar surface area (TPSA) is 71.3 Å². The predicted octanol–water partition coefficient (Wildman–Crippen LogP) is 4.51. The highest BCUT2D eigenvalue weighted by molar-refractivity contribution is 5.94. The van der Waals surface area contributed by atoms with Crippen LogP contribution in [0.15, 0.2) is 47.0 Å². The van der Waals surface area contributed by atoms with Crippen LogP contribution in [0.3, 0.4) is 0 Å². The Labute approximate surface area is 177 Å². The molecule has 1 amide bonds. The zero-order valence-electron chi connectivity index (χ0n) is 17.8. The Kier molecular flexibility index (Phi) is 5.95. The van der Waals surface area contributed by atoms with Gasteiger partial charge in [0.05, 0.1) is 6.54 Å². The Morgan fingerprint density at radius 2 is 1.77 bits per heavy atom. The Balaban J connectivity index is 1.31. The number of likely N-dealkylation sites (tertiary alicyclic amines) is 1. The molecule has 0 atom stereocenters. The van der Waals surface area contributed by atoms with Crippen LogP contribution in [0.2, 0.25) is 0 Å². The summed E-state index contributed by atoms with van der Waals surface area (Å²) in [6.07, 6.45) is 1.66. The maximum atomic E-state index is 12.8. The molecule has 4 rings (SSSR count). The molecule has 2 heterocycles. The minimum atomic E-state index is 0.0314. The van der Waals surface area contributed by atoms with Gasteiger partial charge in [0.2, 0.25) is 17.6 Å². The smallest absolute Gasteiger partial charge is 0.241 e. The molecule has 1 saturated heterocycles. The van der Waals surface area contributed by atoms with Crippen LogP contribution in [-0.4, -0.2) is 34.0 Å². The Bertz CT molecular complexity index is 998. The summed E-state index contributed by atoms with van der Waals surface area (Å²) in [5, 5.41) is 7.25. The fraction of sp³-hybridized carbons (Fsp3) is 0.375. The van der Waals surface area contributed by atoms with Gasteiger partial charge < -0.3 is 9.84 Å². The van der Waals surface area contributed by atoms with Crippen LogP contribution in [0.25, 0.3) is 11.4 Å². The average Bonchev–Trinajstić information content (AvgIpc) is 3.20. The summed E-state index contributed by atoms with van der Waals surface area (Å²) in [4.78, 5) is 19.6. The number of benzene rings is 2. The van der Waals surface area contributed by atoms with Gasteiger partial charge in [-0.2, -0.15) is 4.98 Å². The number of anilines is 1. The number of piperidine rings is 1. The zero-order valence-corrected chi connectivity index (χ0v) is 17.8. The van der Waals surface area contributed by atoms with Crippen molar-refractivity contribution >= 4 is 11.6 Å². The van der Waals surface area contributed by atoms with Gasteiger partial charge in [-0.05, 0) is 57.8 Å². The van der Waals surface area contributed by atoms with E-state index in [1.165, 1.54) is 5.56 Å². The van der Waals surface area contributed by atoms with Gasteiger partial charge in [0.25, 0.3) is 0 Å². The normalized spacial score (nSPS) is 15.3. The fourth-order valence-corrected chi connectivity index (χ4v) is 4.17. The molecule has 0 unspecified atom stereocenters. The molecule has 6 heteroatoms. The molecule has 2 aromatic carbocycles. The molecule has 0 bridgehead atoms. The van der Waals surface area contributed by atoms with E-state index in [1.54, 1.807) is 0 Å². The van der Waals surface area contributed by atoms with Gasteiger partial charge in [-0.25, -0.2) is 0 Å². The first-order chi connectivity index (χ1) is 14.5. The van der Waals surface area contributed by atoms with Crippen LogP contribution < -0.4 is 5.32 Å². The van der Waals surface area contributed by atoms with Crippen LogP contribution in [-0.2, 0) is 11.3 Å². The molecule has 1 aliphatic rings. The van der Waals surface area contributed by atoms with Crippen molar-refractivity contribution in [1.29, 1.82) is 0 Å². The second kappa shape index (κ2) is 8.79. The first-order valence-corrected chi connectivity index (χ1v) is 10.5. The minimum Gasteiger partial charge on any atom is -0.338 e. The number of rotatable bonds is 5. The van der Waals surface area contributed by atoms with Crippen molar-refractivity contribution in [2.45, 2.75) is 40.2 Å². The third-order valence-electron chi connectivity index (χ3n) is 5.74. The van der Waals surface area contributed by atoms with Crippen molar-refractivity contribution in [1.82, 2.24) is 15.0 Å². The quantitative estimate of drug-likeness (QED) is 0.677. The second-order valence-corrected chi connectivity index (χ2v) is 8.19. The van der Waals surface area contributed by atoms with Crippen LogP contribution in [0, 0.1) is 26.7 Å². The second-order valence-electron chi connectivity index (χ2n) is 8.19. The number of aromatic nitrogens is 2. The van der Waals surface area contributed by atoms with Gasteiger partial charge in [0.1, 0.15) is 0 Å².